The number of nitrogens with zero attached hydrogens (tertiary/aromatic N) is 1. The van der Waals surface area contributed by atoms with Crippen molar-refractivity contribution in [2.24, 2.45) is 4.99 Å². The second kappa shape index (κ2) is 11.6. The van der Waals surface area contributed by atoms with E-state index in [0.717, 1.165) is 24.3 Å². The average molecular weight is 487 g/mol. The van der Waals surface area contributed by atoms with E-state index in [4.69, 9.17) is 4.74 Å². The number of aliphatic imine (C=N–C) groups is 1. The van der Waals surface area contributed by atoms with Crippen molar-refractivity contribution in [3.8, 4) is 11.5 Å². The topological polar surface area (TPSA) is 65.9 Å². The van der Waals surface area contributed by atoms with Crippen LogP contribution in [0.15, 0.2) is 41.4 Å². The van der Waals surface area contributed by atoms with Gasteiger partial charge in [-0.3, -0.25) is 0 Å². The molecule has 5 nitrogen and oxygen atoms in total. The van der Waals surface area contributed by atoms with Crippen LogP contribution < -0.4 is 15.4 Å². The maximum absolute atomic E-state index is 13.4. The number of methoxy groups -OCH3 is 1. The Hall–Kier alpha value is -2.03. The van der Waals surface area contributed by atoms with Crippen LogP contribution >= 0.6 is 24.0 Å². The number of guanidine groups is 1. The Kier molecular flexibility index (Phi) is 9.92. The quantitative estimate of drug-likeness (QED) is 0.316. The average Bonchev–Trinajstić information content (AvgIpc) is 2.63. The minimum atomic E-state index is -0.635. The fraction of sp³-hybridized carbons (Fsp3) is 0.350. The van der Waals surface area contributed by atoms with Gasteiger partial charge in [0.1, 0.15) is 5.75 Å². The number of phenols is 1. The van der Waals surface area contributed by atoms with E-state index in [-0.39, 0.29) is 29.7 Å². The molecule has 0 spiro atoms. The third-order valence-corrected chi connectivity index (χ3v) is 3.95. The predicted molar refractivity (Wildman–Crippen MR) is 118 cm³/mol. The lowest BCUT2D eigenvalue weighted by molar-refractivity contribution is 0.411. The van der Waals surface area contributed by atoms with E-state index in [1.807, 2.05) is 26.0 Å². The van der Waals surface area contributed by atoms with Gasteiger partial charge in [-0.25, -0.2) is 9.38 Å². The molecule has 2 aromatic rings. The summed E-state index contributed by atoms with van der Waals surface area (Å²) in [6, 6.07) is 10.5. The van der Waals surface area contributed by atoms with Gasteiger partial charge < -0.3 is 20.5 Å². The molecular weight excluding hydrogens is 460 g/mol. The number of aromatic hydroxyl groups is 1. The van der Waals surface area contributed by atoms with Gasteiger partial charge in [-0.15, -0.1) is 24.0 Å². The van der Waals surface area contributed by atoms with Gasteiger partial charge in [-0.1, -0.05) is 18.2 Å². The summed E-state index contributed by atoms with van der Waals surface area (Å²) in [5.41, 5.74) is 2.98. The molecule has 2 aromatic carbocycles. The summed E-state index contributed by atoms with van der Waals surface area (Å²) in [5.74, 6) is 0.567. The number of ether oxygens (including phenoxy) is 1. The standard InChI is InChI=1S/C20H26FN3O2.HI/c1-4-22-20(24-13-16-7-8-18(25)17(21)11-16)23-10-9-15-6-5-14(2)19(12-15)26-3;/h5-8,11-12,25H,4,9-10,13H2,1-3H3,(H2,22,23,24);1H. The predicted octanol–water partition coefficient (Wildman–Crippen LogP) is 3.76. The summed E-state index contributed by atoms with van der Waals surface area (Å²) in [5, 5.41) is 15.7. The molecule has 27 heavy (non-hydrogen) atoms. The highest BCUT2D eigenvalue weighted by atomic mass is 127. The zero-order valence-corrected chi connectivity index (χ0v) is 18.2. The third kappa shape index (κ3) is 7.24. The summed E-state index contributed by atoms with van der Waals surface area (Å²) in [7, 11) is 1.67. The fourth-order valence-corrected chi connectivity index (χ4v) is 2.51. The minimum absolute atomic E-state index is 0. The molecule has 0 unspecified atom stereocenters. The number of hydrogen-bond donors (Lipinski definition) is 3. The molecule has 0 fully saturated rings. The van der Waals surface area contributed by atoms with Crippen molar-refractivity contribution in [2.75, 3.05) is 20.2 Å². The van der Waals surface area contributed by atoms with Crippen LogP contribution in [0.2, 0.25) is 0 Å². The first-order valence-electron chi connectivity index (χ1n) is 8.66. The number of hydrogen-bond acceptors (Lipinski definition) is 3. The van der Waals surface area contributed by atoms with E-state index in [9.17, 15) is 9.50 Å². The number of nitrogens with one attached hydrogen (secondary N) is 2. The van der Waals surface area contributed by atoms with E-state index in [1.165, 1.54) is 17.7 Å². The van der Waals surface area contributed by atoms with Gasteiger partial charge in [0.05, 0.1) is 13.7 Å². The van der Waals surface area contributed by atoms with Crippen LogP contribution in [0.1, 0.15) is 23.6 Å². The Morgan fingerprint density at radius 3 is 2.56 bits per heavy atom. The summed E-state index contributed by atoms with van der Waals surface area (Å²) >= 11 is 0. The lowest BCUT2D eigenvalue weighted by atomic mass is 10.1. The smallest absolute Gasteiger partial charge is 0.191 e. The summed E-state index contributed by atoms with van der Waals surface area (Å²) < 4.78 is 18.7. The molecular formula is C20H27FIN3O2. The Morgan fingerprint density at radius 1 is 1.15 bits per heavy atom. The summed E-state index contributed by atoms with van der Waals surface area (Å²) in [6.07, 6.45) is 0.828. The van der Waals surface area contributed by atoms with E-state index in [2.05, 4.69) is 21.7 Å². The van der Waals surface area contributed by atoms with Gasteiger partial charge >= 0.3 is 0 Å². The first kappa shape index (κ1) is 23.0. The van der Waals surface area contributed by atoms with Gasteiger partial charge in [-0.2, -0.15) is 0 Å². The van der Waals surface area contributed by atoms with Crippen LogP contribution in [-0.2, 0) is 13.0 Å². The first-order chi connectivity index (χ1) is 12.5. The van der Waals surface area contributed by atoms with Crippen molar-refractivity contribution < 1.29 is 14.2 Å². The zero-order valence-electron chi connectivity index (χ0n) is 15.9. The highest BCUT2D eigenvalue weighted by molar-refractivity contribution is 14.0. The highest BCUT2D eigenvalue weighted by Crippen LogP contribution is 2.19. The normalized spacial score (nSPS) is 10.9. The van der Waals surface area contributed by atoms with Crippen molar-refractivity contribution in [2.45, 2.75) is 26.8 Å². The van der Waals surface area contributed by atoms with Crippen LogP contribution in [0.5, 0.6) is 11.5 Å². The fourth-order valence-electron chi connectivity index (χ4n) is 2.51. The lowest BCUT2D eigenvalue weighted by Gasteiger charge is -2.12. The SMILES string of the molecule is CCNC(=NCc1ccc(O)c(F)c1)NCCc1ccc(C)c(OC)c1.I. The largest absolute Gasteiger partial charge is 0.505 e. The zero-order chi connectivity index (χ0) is 18.9. The van der Waals surface area contributed by atoms with Crippen LogP contribution in [0.4, 0.5) is 4.39 Å². The molecule has 0 aliphatic rings. The monoisotopic (exact) mass is 487 g/mol. The Bertz CT molecular complexity index is 769. The molecule has 0 saturated heterocycles. The Labute approximate surface area is 177 Å². The summed E-state index contributed by atoms with van der Waals surface area (Å²) in [4.78, 5) is 4.45. The van der Waals surface area contributed by atoms with Gasteiger partial charge in [0.15, 0.2) is 17.5 Å². The van der Waals surface area contributed by atoms with Crippen molar-refractivity contribution in [1.82, 2.24) is 10.6 Å². The third-order valence-electron chi connectivity index (χ3n) is 3.95. The van der Waals surface area contributed by atoms with Crippen LogP contribution in [0, 0.1) is 12.7 Å². The molecule has 0 radical (unpaired) electrons. The second-order valence-corrected chi connectivity index (χ2v) is 5.96. The maximum atomic E-state index is 13.4. The number of phenolic OH excluding ortho intramolecular Hbond substituents is 1. The van der Waals surface area contributed by atoms with E-state index >= 15 is 0 Å². The summed E-state index contributed by atoms with van der Waals surface area (Å²) in [6.45, 7) is 5.77. The number of benzene rings is 2. The Balaban J connectivity index is 0.00000364. The number of rotatable bonds is 7. The molecule has 0 aliphatic carbocycles. The van der Waals surface area contributed by atoms with Gasteiger partial charge in [0.25, 0.3) is 0 Å². The molecule has 0 saturated carbocycles. The van der Waals surface area contributed by atoms with Crippen LogP contribution in [0.3, 0.4) is 0 Å². The number of halogens is 2. The Morgan fingerprint density at radius 2 is 1.89 bits per heavy atom. The van der Waals surface area contributed by atoms with Crippen LogP contribution in [0.25, 0.3) is 0 Å². The van der Waals surface area contributed by atoms with Crippen molar-refractivity contribution >= 4 is 29.9 Å². The van der Waals surface area contributed by atoms with E-state index < -0.39 is 5.82 Å². The van der Waals surface area contributed by atoms with Crippen molar-refractivity contribution in [3.63, 3.8) is 0 Å². The lowest BCUT2D eigenvalue weighted by Crippen LogP contribution is -2.38. The van der Waals surface area contributed by atoms with Gasteiger partial charge in [0, 0.05) is 13.1 Å². The van der Waals surface area contributed by atoms with Crippen LogP contribution in [-0.4, -0.2) is 31.3 Å². The number of aryl methyl sites for hydroxylation is 1. The maximum Gasteiger partial charge on any atom is 0.191 e. The van der Waals surface area contributed by atoms with E-state index in [1.54, 1.807) is 13.2 Å². The van der Waals surface area contributed by atoms with E-state index in [0.29, 0.717) is 24.6 Å². The minimum Gasteiger partial charge on any atom is -0.505 e. The molecule has 3 N–H and O–H groups in total. The molecule has 148 valence electrons. The highest BCUT2D eigenvalue weighted by Gasteiger charge is 2.04. The van der Waals surface area contributed by atoms with Gasteiger partial charge in [0.2, 0.25) is 0 Å². The first-order valence-corrected chi connectivity index (χ1v) is 8.66. The molecule has 0 atom stereocenters. The molecule has 0 bridgehead atoms. The molecule has 2 rings (SSSR count). The molecule has 7 heteroatoms. The van der Waals surface area contributed by atoms with Gasteiger partial charge in [-0.05, 0) is 55.2 Å². The second-order valence-electron chi connectivity index (χ2n) is 5.96. The molecule has 0 aliphatic heterocycles. The molecule has 0 heterocycles. The molecule has 0 amide bonds. The van der Waals surface area contributed by atoms with Crippen molar-refractivity contribution in [3.05, 3.63) is 58.9 Å². The van der Waals surface area contributed by atoms with Crippen molar-refractivity contribution in [1.29, 1.82) is 0 Å². The molecule has 0 aromatic heterocycles.